The lowest BCUT2D eigenvalue weighted by atomic mass is 9.86. The summed E-state index contributed by atoms with van der Waals surface area (Å²) in [6.07, 6.45) is -3.57. The Morgan fingerprint density at radius 2 is 1.83 bits per heavy atom. The molecule has 1 atom stereocenters. The molecule has 2 saturated heterocycles. The summed E-state index contributed by atoms with van der Waals surface area (Å²) in [7, 11) is 0. The Kier molecular flexibility index (Phi) is 6.31. The van der Waals surface area contributed by atoms with E-state index in [0.717, 1.165) is 22.8 Å². The van der Waals surface area contributed by atoms with Gasteiger partial charge in [0.2, 0.25) is 11.8 Å². The van der Waals surface area contributed by atoms with E-state index in [1.807, 2.05) is 4.90 Å². The molecule has 1 aromatic heterocycles. The molecule has 1 N–H and O–H groups in total. The van der Waals surface area contributed by atoms with Crippen LogP contribution in [0.1, 0.15) is 63.8 Å². The van der Waals surface area contributed by atoms with E-state index in [4.69, 9.17) is 0 Å². The van der Waals surface area contributed by atoms with Gasteiger partial charge in [0.15, 0.2) is 5.69 Å². The van der Waals surface area contributed by atoms with Crippen LogP contribution in [0.2, 0.25) is 0 Å². The van der Waals surface area contributed by atoms with Crippen molar-refractivity contribution >= 4 is 29.1 Å². The lowest BCUT2D eigenvalue weighted by molar-refractivity contribution is -0.141. The summed E-state index contributed by atoms with van der Waals surface area (Å²) in [5.41, 5.74) is -1.13. The predicted octanol–water partition coefficient (Wildman–Crippen LogP) is 3.58. The van der Waals surface area contributed by atoms with E-state index in [-0.39, 0.29) is 42.6 Å². The Hall–Kier alpha value is -2.93. The number of rotatable bonds is 4. The van der Waals surface area contributed by atoms with Gasteiger partial charge < -0.3 is 4.90 Å². The predicted molar refractivity (Wildman–Crippen MR) is 117 cm³/mol. The minimum absolute atomic E-state index is 0.0333. The molecular weight excluding hydrogens is 507 g/mol. The number of aromatic nitrogens is 1. The number of imide groups is 1. The molecule has 2 fully saturated rings. The number of hydrogen-bond acceptors (Lipinski definition) is 6. The Morgan fingerprint density at radius 1 is 1.11 bits per heavy atom. The van der Waals surface area contributed by atoms with Gasteiger partial charge in [-0.1, -0.05) is 0 Å². The maximum atomic E-state index is 15.5. The Labute approximate surface area is 206 Å². The SMILES string of the molecule is O=C1CCC(N2Cc3c(cc(F)c(C4CCN(Cc5nc(C(F)(F)F)cs5)CC4)c3F)C2=O)C(=O)N1. The normalized spacial score (nSPS) is 21.8. The van der Waals surface area contributed by atoms with E-state index in [1.54, 1.807) is 0 Å². The second-order valence-electron chi connectivity index (χ2n) is 9.19. The van der Waals surface area contributed by atoms with Gasteiger partial charge in [0.1, 0.15) is 22.7 Å². The van der Waals surface area contributed by atoms with Crippen molar-refractivity contribution in [2.45, 2.75) is 56.9 Å². The van der Waals surface area contributed by atoms with Gasteiger partial charge in [0, 0.05) is 22.9 Å². The molecule has 13 heteroatoms. The Bertz CT molecular complexity index is 1240. The highest BCUT2D eigenvalue weighted by atomic mass is 32.1. The number of piperidine rings is 2. The highest BCUT2D eigenvalue weighted by Gasteiger charge is 2.42. The molecule has 3 amide bonds. The monoisotopic (exact) mass is 528 g/mol. The number of carbonyl (C=O) groups excluding carboxylic acids is 3. The minimum atomic E-state index is -4.50. The van der Waals surface area contributed by atoms with Gasteiger partial charge in [0.25, 0.3) is 5.91 Å². The number of nitrogens with zero attached hydrogens (tertiary/aromatic N) is 3. The summed E-state index contributed by atoms with van der Waals surface area (Å²) in [5, 5.41) is 3.46. The maximum Gasteiger partial charge on any atom is 0.434 e. The van der Waals surface area contributed by atoms with Crippen LogP contribution >= 0.6 is 11.3 Å². The average molecular weight is 529 g/mol. The van der Waals surface area contributed by atoms with Crippen molar-refractivity contribution in [2.24, 2.45) is 0 Å². The van der Waals surface area contributed by atoms with Crippen LogP contribution in [0.4, 0.5) is 22.0 Å². The molecule has 5 rings (SSSR count). The first kappa shape index (κ1) is 24.8. The number of carbonyl (C=O) groups is 3. The third-order valence-electron chi connectivity index (χ3n) is 6.96. The Morgan fingerprint density at radius 3 is 2.47 bits per heavy atom. The molecule has 3 aliphatic rings. The van der Waals surface area contributed by atoms with Crippen LogP contribution in [0.15, 0.2) is 11.4 Å². The molecule has 0 bridgehead atoms. The molecule has 36 heavy (non-hydrogen) atoms. The van der Waals surface area contributed by atoms with Crippen molar-refractivity contribution in [3.05, 3.63) is 50.5 Å². The molecule has 0 spiro atoms. The van der Waals surface area contributed by atoms with Crippen LogP contribution in [0.5, 0.6) is 0 Å². The molecular formula is C23H21F5N4O3S. The smallest absolute Gasteiger partial charge is 0.322 e. The molecule has 4 heterocycles. The highest BCUT2D eigenvalue weighted by Crippen LogP contribution is 2.38. The molecule has 3 aliphatic heterocycles. The van der Waals surface area contributed by atoms with E-state index >= 15 is 8.78 Å². The zero-order valence-electron chi connectivity index (χ0n) is 18.8. The molecule has 7 nitrogen and oxygen atoms in total. The summed E-state index contributed by atoms with van der Waals surface area (Å²) in [6.45, 7) is 0.869. The van der Waals surface area contributed by atoms with Gasteiger partial charge in [0.05, 0.1) is 18.7 Å². The summed E-state index contributed by atoms with van der Waals surface area (Å²) in [4.78, 5) is 43.2. The van der Waals surface area contributed by atoms with Crippen LogP contribution < -0.4 is 5.32 Å². The van der Waals surface area contributed by atoms with E-state index in [0.29, 0.717) is 30.9 Å². The van der Waals surface area contributed by atoms with Crippen LogP contribution in [-0.4, -0.2) is 51.6 Å². The average Bonchev–Trinajstić information content (AvgIpc) is 3.41. The maximum absolute atomic E-state index is 15.5. The summed E-state index contributed by atoms with van der Waals surface area (Å²) >= 11 is 0.921. The third kappa shape index (κ3) is 4.49. The first-order valence-electron chi connectivity index (χ1n) is 11.4. The fraction of sp³-hybridized carbons (Fsp3) is 0.478. The fourth-order valence-corrected chi connectivity index (χ4v) is 5.95. The van der Waals surface area contributed by atoms with Gasteiger partial charge in [-0.2, -0.15) is 13.2 Å². The van der Waals surface area contributed by atoms with Gasteiger partial charge in [-0.25, -0.2) is 13.8 Å². The Balaban J connectivity index is 1.28. The van der Waals surface area contributed by atoms with Crippen molar-refractivity contribution in [3.8, 4) is 0 Å². The van der Waals surface area contributed by atoms with E-state index < -0.39 is 53.2 Å². The number of hydrogen-bond donors (Lipinski definition) is 1. The molecule has 0 saturated carbocycles. The van der Waals surface area contributed by atoms with Crippen molar-refractivity contribution in [3.63, 3.8) is 0 Å². The highest BCUT2D eigenvalue weighted by molar-refractivity contribution is 7.09. The standard InChI is InChI=1S/C23H21F5N4O3S/c24-14-7-12-13(8-32(22(12)35)15-1-2-17(33)30-21(15)34)20(25)19(14)11-3-5-31(6-4-11)9-18-29-16(10-36-18)23(26,27)28/h7,10-11,15H,1-6,8-9H2,(H,30,33,34). The lowest BCUT2D eigenvalue weighted by Gasteiger charge is -2.32. The minimum Gasteiger partial charge on any atom is -0.322 e. The van der Waals surface area contributed by atoms with Gasteiger partial charge in [-0.3, -0.25) is 24.6 Å². The lowest BCUT2D eigenvalue weighted by Crippen LogP contribution is -2.52. The number of thiazole rings is 1. The second kappa shape index (κ2) is 9.18. The zero-order valence-corrected chi connectivity index (χ0v) is 19.6. The molecule has 192 valence electrons. The molecule has 0 radical (unpaired) electrons. The first-order chi connectivity index (χ1) is 17.0. The number of fused-ring (bicyclic) bond motifs is 1. The number of benzene rings is 1. The van der Waals surface area contributed by atoms with Gasteiger partial charge in [-0.15, -0.1) is 11.3 Å². The second-order valence-corrected chi connectivity index (χ2v) is 10.1. The fourth-order valence-electron chi connectivity index (χ4n) is 5.11. The summed E-state index contributed by atoms with van der Waals surface area (Å²) in [5.74, 6) is -3.83. The molecule has 2 aromatic rings. The zero-order chi connectivity index (χ0) is 25.8. The van der Waals surface area contributed by atoms with Crippen LogP contribution in [0.25, 0.3) is 0 Å². The van der Waals surface area contributed by atoms with Crippen molar-refractivity contribution in [1.29, 1.82) is 0 Å². The molecule has 1 aromatic carbocycles. The number of alkyl halides is 3. The summed E-state index contributed by atoms with van der Waals surface area (Å²) in [6, 6.07) is 0.0863. The van der Waals surface area contributed by atoms with Crippen molar-refractivity contribution in [1.82, 2.24) is 20.1 Å². The largest absolute Gasteiger partial charge is 0.434 e. The summed E-state index contributed by atoms with van der Waals surface area (Å²) < 4.78 is 68.9. The number of nitrogens with one attached hydrogen (secondary N) is 1. The van der Waals surface area contributed by atoms with Crippen LogP contribution in [0, 0.1) is 11.6 Å². The van der Waals surface area contributed by atoms with Gasteiger partial charge >= 0.3 is 6.18 Å². The number of halogens is 5. The topological polar surface area (TPSA) is 82.6 Å². The van der Waals surface area contributed by atoms with E-state index in [9.17, 15) is 27.6 Å². The van der Waals surface area contributed by atoms with Crippen molar-refractivity contribution in [2.75, 3.05) is 13.1 Å². The van der Waals surface area contributed by atoms with Crippen LogP contribution in [-0.2, 0) is 28.9 Å². The molecule has 1 unspecified atom stereocenters. The van der Waals surface area contributed by atoms with E-state index in [2.05, 4.69) is 10.3 Å². The first-order valence-corrected chi connectivity index (χ1v) is 12.3. The van der Waals surface area contributed by atoms with E-state index in [1.165, 1.54) is 4.90 Å². The quantitative estimate of drug-likeness (QED) is 0.485. The number of amides is 3. The number of likely N-dealkylation sites (tertiary alicyclic amines) is 1. The van der Waals surface area contributed by atoms with Crippen molar-refractivity contribution < 1.29 is 36.3 Å². The van der Waals surface area contributed by atoms with Crippen LogP contribution in [0.3, 0.4) is 0 Å². The van der Waals surface area contributed by atoms with Gasteiger partial charge in [-0.05, 0) is 44.3 Å². The third-order valence-corrected chi connectivity index (χ3v) is 7.79. The molecule has 0 aliphatic carbocycles.